The van der Waals surface area contributed by atoms with E-state index in [9.17, 15) is 9.18 Å². The second-order valence-corrected chi connectivity index (χ2v) is 3.70. The van der Waals surface area contributed by atoms with Crippen molar-refractivity contribution >= 4 is 39.2 Å². The first-order valence-electron chi connectivity index (χ1n) is 3.50. The number of rotatable bonds is 1. The van der Waals surface area contributed by atoms with E-state index in [4.69, 9.17) is 17.3 Å². The molecule has 1 aromatic carbocycles. The summed E-state index contributed by atoms with van der Waals surface area (Å²) in [4.78, 5) is 11.2. The number of halogens is 3. The van der Waals surface area contributed by atoms with Crippen LogP contribution < -0.4 is 5.73 Å². The molecule has 0 aliphatic heterocycles. The third-order valence-electron chi connectivity index (χ3n) is 1.60. The highest BCUT2D eigenvalue weighted by molar-refractivity contribution is 9.10. The zero-order chi connectivity index (χ0) is 10.9. The molecular weight excluding hydrogens is 276 g/mol. The van der Waals surface area contributed by atoms with Crippen LogP contribution in [0.1, 0.15) is 10.4 Å². The first-order valence-corrected chi connectivity index (χ1v) is 4.67. The fourth-order valence-corrected chi connectivity index (χ4v) is 1.87. The molecule has 76 valence electrons. The zero-order valence-electron chi connectivity index (χ0n) is 7.11. The van der Waals surface area contributed by atoms with E-state index in [-0.39, 0.29) is 16.3 Å². The monoisotopic (exact) mass is 281 g/mol. The minimum atomic E-state index is -0.824. The first-order chi connectivity index (χ1) is 6.49. The molecular formula is C8H6BrClFNO2. The third-order valence-corrected chi connectivity index (χ3v) is 2.50. The summed E-state index contributed by atoms with van der Waals surface area (Å²) in [5.41, 5.74) is 4.99. The average Bonchev–Trinajstić information content (AvgIpc) is 2.14. The Morgan fingerprint density at radius 3 is 2.79 bits per heavy atom. The standard InChI is InChI=1S/C8H6BrClFNO2/c1-14-8(13)5-3(9)2-4(10)6(11)7(5)12/h2H,12H2,1H3. The van der Waals surface area contributed by atoms with Crippen LogP contribution in [-0.4, -0.2) is 13.1 Å². The molecule has 0 bridgehead atoms. The van der Waals surface area contributed by atoms with Crippen LogP contribution in [0, 0.1) is 5.82 Å². The molecule has 0 heterocycles. The highest BCUT2D eigenvalue weighted by atomic mass is 79.9. The molecule has 0 atom stereocenters. The lowest BCUT2D eigenvalue weighted by Gasteiger charge is -2.08. The van der Waals surface area contributed by atoms with Gasteiger partial charge in [0.1, 0.15) is 0 Å². The number of nitrogens with two attached hydrogens (primary N) is 1. The van der Waals surface area contributed by atoms with Crippen LogP contribution >= 0.6 is 27.5 Å². The molecule has 0 aromatic heterocycles. The number of methoxy groups -OCH3 is 1. The van der Waals surface area contributed by atoms with Crippen LogP contribution in [0.15, 0.2) is 10.5 Å². The van der Waals surface area contributed by atoms with Crippen molar-refractivity contribution in [3.8, 4) is 0 Å². The van der Waals surface area contributed by atoms with Crippen molar-refractivity contribution in [1.29, 1.82) is 0 Å². The molecule has 0 spiro atoms. The molecule has 3 nitrogen and oxygen atoms in total. The van der Waals surface area contributed by atoms with E-state index < -0.39 is 11.8 Å². The Morgan fingerprint density at radius 1 is 1.71 bits per heavy atom. The summed E-state index contributed by atoms with van der Waals surface area (Å²) in [7, 11) is 1.18. The van der Waals surface area contributed by atoms with Crippen LogP contribution in [0.25, 0.3) is 0 Å². The minimum absolute atomic E-state index is 0.0607. The minimum Gasteiger partial charge on any atom is -0.465 e. The third kappa shape index (κ3) is 1.83. The molecule has 1 aromatic rings. The Hall–Kier alpha value is -0.810. The number of benzene rings is 1. The fourth-order valence-electron chi connectivity index (χ4n) is 0.923. The van der Waals surface area contributed by atoms with Gasteiger partial charge in [0, 0.05) is 4.47 Å². The predicted octanol–water partition coefficient (Wildman–Crippen LogP) is 2.61. The van der Waals surface area contributed by atoms with Gasteiger partial charge in [0.15, 0.2) is 5.82 Å². The number of nitrogen functional groups attached to an aromatic ring is 1. The van der Waals surface area contributed by atoms with Gasteiger partial charge in [0.05, 0.1) is 23.4 Å². The number of hydrogen-bond donors (Lipinski definition) is 1. The number of hydrogen-bond acceptors (Lipinski definition) is 3. The molecule has 0 aliphatic rings. The van der Waals surface area contributed by atoms with E-state index in [1.54, 1.807) is 0 Å². The molecule has 0 fully saturated rings. The highest BCUT2D eigenvalue weighted by Crippen LogP contribution is 2.31. The lowest BCUT2D eigenvalue weighted by molar-refractivity contribution is 0.0600. The summed E-state index contributed by atoms with van der Waals surface area (Å²) >= 11 is 8.54. The Bertz CT molecular complexity index is 397. The smallest absolute Gasteiger partial charge is 0.341 e. The molecule has 0 aliphatic carbocycles. The van der Waals surface area contributed by atoms with E-state index in [1.165, 1.54) is 13.2 Å². The molecule has 0 radical (unpaired) electrons. The van der Waals surface area contributed by atoms with E-state index in [1.807, 2.05) is 0 Å². The fraction of sp³-hybridized carbons (Fsp3) is 0.125. The van der Waals surface area contributed by atoms with Gasteiger partial charge >= 0.3 is 5.97 Å². The van der Waals surface area contributed by atoms with Gasteiger partial charge in [-0.3, -0.25) is 0 Å². The van der Waals surface area contributed by atoms with Crippen LogP contribution in [0.5, 0.6) is 0 Å². The maximum atomic E-state index is 13.2. The summed E-state index contributed by atoms with van der Waals surface area (Å²) < 4.78 is 17.9. The molecule has 2 N–H and O–H groups in total. The van der Waals surface area contributed by atoms with Crippen molar-refractivity contribution in [2.45, 2.75) is 0 Å². The molecule has 0 saturated heterocycles. The number of carbonyl (C=O) groups excluding carboxylic acids is 1. The van der Waals surface area contributed by atoms with E-state index in [2.05, 4.69) is 20.7 Å². The molecule has 1 rings (SSSR count). The van der Waals surface area contributed by atoms with Crippen LogP contribution in [-0.2, 0) is 4.74 Å². The van der Waals surface area contributed by atoms with Crippen molar-refractivity contribution in [1.82, 2.24) is 0 Å². The van der Waals surface area contributed by atoms with Crippen LogP contribution in [0.2, 0.25) is 5.02 Å². The van der Waals surface area contributed by atoms with Crippen molar-refractivity contribution < 1.29 is 13.9 Å². The first kappa shape index (κ1) is 11.3. The van der Waals surface area contributed by atoms with Gasteiger partial charge in [-0.05, 0) is 22.0 Å². The summed E-state index contributed by atoms with van der Waals surface area (Å²) in [6.07, 6.45) is 0. The Morgan fingerprint density at radius 2 is 2.29 bits per heavy atom. The second kappa shape index (κ2) is 4.14. The van der Waals surface area contributed by atoms with Crippen LogP contribution in [0.3, 0.4) is 0 Å². The lowest BCUT2D eigenvalue weighted by Crippen LogP contribution is -2.08. The molecule has 0 amide bonds. The normalized spacial score (nSPS) is 10.0. The molecule has 0 unspecified atom stereocenters. The zero-order valence-corrected chi connectivity index (χ0v) is 9.45. The van der Waals surface area contributed by atoms with Crippen LogP contribution in [0.4, 0.5) is 10.1 Å². The quantitative estimate of drug-likeness (QED) is 0.489. The van der Waals surface area contributed by atoms with Gasteiger partial charge in [0.25, 0.3) is 0 Å². The maximum Gasteiger partial charge on any atom is 0.341 e. The SMILES string of the molecule is COC(=O)c1c(Br)cc(Cl)c(F)c1N. The van der Waals surface area contributed by atoms with Gasteiger partial charge in [-0.2, -0.15) is 0 Å². The maximum absolute atomic E-state index is 13.2. The average molecular weight is 282 g/mol. The predicted molar refractivity (Wildman–Crippen MR) is 54.9 cm³/mol. The lowest BCUT2D eigenvalue weighted by atomic mass is 10.2. The largest absolute Gasteiger partial charge is 0.465 e. The molecule has 14 heavy (non-hydrogen) atoms. The Labute approximate surface area is 93.1 Å². The van der Waals surface area contributed by atoms with E-state index in [0.717, 1.165) is 0 Å². The summed E-state index contributed by atoms with van der Waals surface area (Å²) in [5, 5.41) is -0.151. The van der Waals surface area contributed by atoms with Crippen molar-refractivity contribution in [3.05, 3.63) is 26.9 Å². The number of esters is 1. The highest BCUT2D eigenvalue weighted by Gasteiger charge is 2.20. The summed E-state index contributed by atoms with van der Waals surface area (Å²) in [6.45, 7) is 0. The molecule has 0 saturated carbocycles. The van der Waals surface area contributed by atoms with Gasteiger partial charge in [-0.1, -0.05) is 11.6 Å². The topological polar surface area (TPSA) is 52.3 Å². The Kier molecular flexibility index (Phi) is 3.34. The van der Waals surface area contributed by atoms with E-state index >= 15 is 0 Å². The second-order valence-electron chi connectivity index (χ2n) is 2.43. The van der Waals surface area contributed by atoms with Crippen molar-refractivity contribution in [2.24, 2.45) is 0 Å². The van der Waals surface area contributed by atoms with Gasteiger partial charge in [0.2, 0.25) is 0 Å². The van der Waals surface area contributed by atoms with Crippen molar-refractivity contribution in [2.75, 3.05) is 12.8 Å². The van der Waals surface area contributed by atoms with E-state index in [0.29, 0.717) is 4.47 Å². The summed E-state index contributed by atoms with van der Waals surface area (Å²) in [5.74, 6) is -1.54. The molecule has 6 heteroatoms. The van der Waals surface area contributed by atoms with Crippen molar-refractivity contribution in [3.63, 3.8) is 0 Å². The number of carbonyl (C=O) groups is 1. The van der Waals surface area contributed by atoms with Gasteiger partial charge < -0.3 is 10.5 Å². The number of ether oxygens (including phenoxy) is 1. The summed E-state index contributed by atoms with van der Waals surface area (Å²) in [6, 6.07) is 1.25. The van der Waals surface area contributed by atoms with Gasteiger partial charge in [-0.15, -0.1) is 0 Å². The van der Waals surface area contributed by atoms with Gasteiger partial charge in [-0.25, -0.2) is 9.18 Å². The number of anilines is 1. The Balaban J connectivity index is 3.44.